The van der Waals surface area contributed by atoms with Crippen LogP contribution < -0.4 is 15.8 Å². The van der Waals surface area contributed by atoms with Crippen LogP contribution in [0, 0.1) is 0 Å². The van der Waals surface area contributed by atoms with Crippen LogP contribution >= 0.6 is 0 Å². The summed E-state index contributed by atoms with van der Waals surface area (Å²) in [6.45, 7) is 2.43. The van der Waals surface area contributed by atoms with E-state index >= 15 is 0 Å². The molecule has 0 fully saturated rings. The molecule has 0 aliphatic heterocycles. The number of nitrogen functional groups attached to an aromatic ring is 1. The van der Waals surface area contributed by atoms with Crippen molar-refractivity contribution < 1.29 is 13.2 Å². The molecule has 0 spiro atoms. The molecule has 0 atom stereocenters. The number of nitrogens with one attached hydrogen (secondary N) is 1. The molecule has 3 N–H and O–H groups in total. The molecular formula is C15H18N2O3S. The van der Waals surface area contributed by atoms with Crippen LogP contribution in [-0.4, -0.2) is 21.3 Å². The van der Waals surface area contributed by atoms with Crippen molar-refractivity contribution in [3.8, 4) is 5.75 Å². The van der Waals surface area contributed by atoms with E-state index in [1.807, 2.05) is 19.1 Å². The number of sulfone groups is 1. The van der Waals surface area contributed by atoms with E-state index in [0.717, 1.165) is 11.4 Å². The molecule has 2 aromatic rings. The summed E-state index contributed by atoms with van der Waals surface area (Å²) in [6.07, 6.45) is 1.18. The van der Waals surface area contributed by atoms with Crippen molar-refractivity contribution in [3.05, 3.63) is 42.5 Å². The minimum Gasteiger partial charge on any atom is -0.492 e. The zero-order valence-electron chi connectivity index (χ0n) is 12.0. The van der Waals surface area contributed by atoms with Gasteiger partial charge in [0, 0.05) is 23.7 Å². The summed E-state index contributed by atoms with van der Waals surface area (Å²) in [4.78, 5) is 0.292. The summed E-state index contributed by atoms with van der Waals surface area (Å²) in [5.74, 6) is 0.621. The van der Waals surface area contributed by atoms with Crippen LogP contribution in [0.2, 0.25) is 0 Å². The quantitative estimate of drug-likeness (QED) is 0.830. The number of rotatable bonds is 5. The average Bonchev–Trinajstić information content (AvgIpc) is 2.42. The van der Waals surface area contributed by atoms with Crippen molar-refractivity contribution >= 4 is 26.9 Å². The molecule has 0 bridgehead atoms. The van der Waals surface area contributed by atoms with E-state index < -0.39 is 9.84 Å². The third-order valence-corrected chi connectivity index (χ3v) is 4.01. The molecule has 0 unspecified atom stereocenters. The highest BCUT2D eigenvalue weighted by Gasteiger charge is 2.07. The van der Waals surface area contributed by atoms with Crippen molar-refractivity contribution in [2.75, 3.05) is 23.9 Å². The van der Waals surface area contributed by atoms with E-state index in [1.54, 1.807) is 30.3 Å². The Balaban J connectivity index is 2.20. The van der Waals surface area contributed by atoms with Gasteiger partial charge in [-0.1, -0.05) is 0 Å². The molecule has 0 heterocycles. The molecule has 21 heavy (non-hydrogen) atoms. The lowest BCUT2D eigenvalue weighted by Gasteiger charge is -2.11. The van der Waals surface area contributed by atoms with Gasteiger partial charge >= 0.3 is 0 Å². The van der Waals surface area contributed by atoms with E-state index in [-0.39, 0.29) is 0 Å². The van der Waals surface area contributed by atoms with E-state index in [2.05, 4.69) is 5.32 Å². The normalized spacial score (nSPS) is 11.1. The van der Waals surface area contributed by atoms with Crippen molar-refractivity contribution in [1.82, 2.24) is 0 Å². The van der Waals surface area contributed by atoms with Gasteiger partial charge < -0.3 is 15.8 Å². The number of hydrogen-bond donors (Lipinski definition) is 2. The van der Waals surface area contributed by atoms with Gasteiger partial charge in [0.2, 0.25) is 0 Å². The van der Waals surface area contributed by atoms with Crippen LogP contribution in [0.15, 0.2) is 47.4 Å². The van der Waals surface area contributed by atoms with Crippen LogP contribution in [0.4, 0.5) is 17.1 Å². The lowest BCUT2D eigenvalue weighted by atomic mass is 10.2. The van der Waals surface area contributed by atoms with Gasteiger partial charge in [-0.3, -0.25) is 0 Å². The molecule has 0 aliphatic carbocycles. The first kappa shape index (κ1) is 15.2. The van der Waals surface area contributed by atoms with E-state index in [9.17, 15) is 8.42 Å². The molecule has 2 aromatic carbocycles. The highest BCUT2D eigenvalue weighted by Crippen LogP contribution is 2.27. The number of anilines is 3. The van der Waals surface area contributed by atoms with Crippen molar-refractivity contribution in [2.45, 2.75) is 11.8 Å². The Morgan fingerprint density at radius 2 is 1.71 bits per heavy atom. The number of hydrogen-bond acceptors (Lipinski definition) is 5. The predicted octanol–water partition coefficient (Wildman–Crippen LogP) is 2.81. The molecule has 6 heteroatoms. The Bertz CT molecular complexity index is 725. The second kappa shape index (κ2) is 6.05. The summed E-state index contributed by atoms with van der Waals surface area (Å²) < 4.78 is 28.2. The Hall–Kier alpha value is -2.21. The standard InChI is InChI=1S/C15H18N2O3S/c1-3-20-15-10-12(6-9-14(15)16)17-11-4-7-13(8-5-11)21(2,18)19/h4-10,17H,3,16H2,1-2H3. The molecule has 2 rings (SSSR count). The summed E-state index contributed by atoms with van der Waals surface area (Å²) in [5.41, 5.74) is 8.00. The number of benzene rings is 2. The zero-order chi connectivity index (χ0) is 15.5. The van der Waals surface area contributed by atoms with Crippen LogP contribution in [0.5, 0.6) is 5.75 Å². The smallest absolute Gasteiger partial charge is 0.175 e. The molecule has 112 valence electrons. The highest BCUT2D eigenvalue weighted by molar-refractivity contribution is 7.90. The molecule has 0 radical (unpaired) electrons. The third kappa shape index (κ3) is 3.88. The largest absolute Gasteiger partial charge is 0.492 e. The Kier molecular flexibility index (Phi) is 4.37. The van der Waals surface area contributed by atoms with Gasteiger partial charge in [0.25, 0.3) is 0 Å². The second-order valence-corrected chi connectivity index (χ2v) is 6.62. The van der Waals surface area contributed by atoms with Crippen molar-refractivity contribution in [1.29, 1.82) is 0 Å². The van der Waals surface area contributed by atoms with E-state index in [1.165, 1.54) is 6.26 Å². The molecular weight excluding hydrogens is 288 g/mol. The van der Waals surface area contributed by atoms with E-state index in [0.29, 0.717) is 22.9 Å². The molecule has 0 aliphatic rings. The molecule has 0 saturated carbocycles. The van der Waals surface area contributed by atoms with Gasteiger partial charge in [-0.2, -0.15) is 0 Å². The monoisotopic (exact) mass is 306 g/mol. The Morgan fingerprint density at radius 1 is 1.10 bits per heavy atom. The first-order valence-electron chi connectivity index (χ1n) is 6.49. The van der Waals surface area contributed by atoms with Crippen LogP contribution in [0.1, 0.15) is 6.92 Å². The van der Waals surface area contributed by atoms with Crippen LogP contribution in [-0.2, 0) is 9.84 Å². The van der Waals surface area contributed by atoms with Gasteiger partial charge in [0.05, 0.1) is 17.2 Å². The molecule has 0 amide bonds. The number of ether oxygens (including phenoxy) is 1. The fourth-order valence-corrected chi connectivity index (χ4v) is 2.48. The lowest BCUT2D eigenvalue weighted by molar-refractivity contribution is 0.342. The number of nitrogens with two attached hydrogens (primary N) is 1. The SMILES string of the molecule is CCOc1cc(Nc2ccc(S(C)(=O)=O)cc2)ccc1N. The maximum Gasteiger partial charge on any atom is 0.175 e. The average molecular weight is 306 g/mol. The second-order valence-electron chi connectivity index (χ2n) is 4.61. The van der Waals surface area contributed by atoms with Gasteiger partial charge in [-0.05, 0) is 43.3 Å². The fraction of sp³-hybridized carbons (Fsp3) is 0.200. The molecule has 0 saturated heterocycles. The van der Waals surface area contributed by atoms with E-state index in [4.69, 9.17) is 10.5 Å². The van der Waals surface area contributed by atoms with Crippen LogP contribution in [0.25, 0.3) is 0 Å². The third-order valence-electron chi connectivity index (χ3n) is 2.88. The van der Waals surface area contributed by atoms with Crippen molar-refractivity contribution in [3.63, 3.8) is 0 Å². The van der Waals surface area contributed by atoms with Gasteiger partial charge in [-0.15, -0.1) is 0 Å². The highest BCUT2D eigenvalue weighted by atomic mass is 32.2. The summed E-state index contributed by atoms with van der Waals surface area (Å²) in [7, 11) is -3.18. The minimum atomic E-state index is -3.18. The molecule has 0 aromatic heterocycles. The maximum atomic E-state index is 11.4. The fourth-order valence-electron chi connectivity index (χ4n) is 1.84. The van der Waals surface area contributed by atoms with Crippen LogP contribution in [0.3, 0.4) is 0 Å². The van der Waals surface area contributed by atoms with Gasteiger partial charge in [-0.25, -0.2) is 8.42 Å². The zero-order valence-corrected chi connectivity index (χ0v) is 12.8. The maximum absolute atomic E-state index is 11.4. The predicted molar refractivity (Wildman–Crippen MR) is 84.9 cm³/mol. The summed E-state index contributed by atoms with van der Waals surface area (Å²) >= 11 is 0. The summed E-state index contributed by atoms with van der Waals surface area (Å²) in [6, 6.07) is 12.0. The molecule has 5 nitrogen and oxygen atoms in total. The van der Waals surface area contributed by atoms with Crippen molar-refractivity contribution in [2.24, 2.45) is 0 Å². The van der Waals surface area contributed by atoms with Gasteiger partial charge in [0.15, 0.2) is 9.84 Å². The first-order chi connectivity index (χ1) is 9.90. The first-order valence-corrected chi connectivity index (χ1v) is 8.39. The Labute approximate surface area is 124 Å². The lowest BCUT2D eigenvalue weighted by Crippen LogP contribution is -1.99. The topological polar surface area (TPSA) is 81.4 Å². The minimum absolute atomic E-state index is 0.292. The summed E-state index contributed by atoms with van der Waals surface area (Å²) in [5, 5.41) is 3.18. The Morgan fingerprint density at radius 3 is 2.29 bits per heavy atom. The van der Waals surface area contributed by atoms with Gasteiger partial charge in [0.1, 0.15) is 5.75 Å².